The van der Waals surface area contributed by atoms with Crippen LogP contribution in [-0.2, 0) is 10.0 Å². The third-order valence-corrected chi connectivity index (χ3v) is 6.20. The van der Waals surface area contributed by atoms with Crippen molar-refractivity contribution in [3.63, 3.8) is 0 Å². The molecular formula is C18H26ClNO3S. The standard InChI is InChI=1S/C18H26ClNO3S/c1-6-14(4)17(18(21,13(2)3)15(5)12-19)20-24(22,23)16-10-8-7-9-11-16/h7-12,14,17,20-21H,2,6H2,1,3-5H3/b15-12+/t14-,17-,18?/m0/s1. The van der Waals surface area contributed by atoms with E-state index < -0.39 is 21.7 Å². The second-order valence-corrected chi connectivity index (χ2v) is 8.07. The van der Waals surface area contributed by atoms with E-state index in [9.17, 15) is 13.5 Å². The van der Waals surface area contributed by atoms with Crippen molar-refractivity contribution < 1.29 is 13.5 Å². The lowest BCUT2D eigenvalue weighted by Gasteiger charge is -2.41. The van der Waals surface area contributed by atoms with Gasteiger partial charge in [-0.25, -0.2) is 13.1 Å². The molecule has 1 aromatic rings. The summed E-state index contributed by atoms with van der Waals surface area (Å²) >= 11 is 5.82. The molecule has 0 fully saturated rings. The topological polar surface area (TPSA) is 66.4 Å². The summed E-state index contributed by atoms with van der Waals surface area (Å²) in [4.78, 5) is 0.148. The fourth-order valence-corrected chi connectivity index (χ4v) is 4.17. The van der Waals surface area contributed by atoms with Crippen molar-refractivity contribution in [2.75, 3.05) is 0 Å². The lowest BCUT2D eigenvalue weighted by molar-refractivity contribution is 0.0590. The van der Waals surface area contributed by atoms with Gasteiger partial charge in [-0.3, -0.25) is 0 Å². The summed E-state index contributed by atoms with van der Waals surface area (Å²) in [6.45, 7) is 11.0. The Morgan fingerprint density at radius 3 is 2.33 bits per heavy atom. The van der Waals surface area contributed by atoms with E-state index in [4.69, 9.17) is 11.6 Å². The van der Waals surface area contributed by atoms with Gasteiger partial charge < -0.3 is 5.11 Å². The van der Waals surface area contributed by atoms with Crippen LogP contribution in [0.4, 0.5) is 0 Å². The number of aliphatic hydroxyl groups is 1. The predicted octanol–water partition coefficient (Wildman–Crippen LogP) is 3.83. The van der Waals surface area contributed by atoms with Crippen LogP contribution in [0.1, 0.15) is 34.1 Å². The Morgan fingerprint density at radius 2 is 1.92 bits per heavy atom. The first-order chi connectivity index (χ1) is 11.1. The van der Waals surface area contributed by atoms with E-state index in [1.807, 2.05) is 13.8 Å². The first-order valence-electron chi connectivity index (χ1n) is 7.84. The fourth-order valence-electron chi connectivity index (χ4n) is 2.61. The van der Waals surface area contributed by atoms with Crippen LogP contribution in [0.2, 0.25) is 0 Å². The summed E-state index contributed by atoms with van der Waals surface area (Å²) in [5, 5.41) is 11.2. The number of hydrogen-bond donors (Lipinski definition) is 2. The molecule has 6 heteroatoms. The van der Waals surface area contributed by atoms with Crippen LogP contribution in [0.15, 0.2) is 58.5 Å². The molecule has 0 radical (unpaired) electrons. The minimum atomic E-state index is -3.79. The van der Waals surface area contributed by atoms with Crippen molar-refractivity contribution in [3.05, 3.63) is 53.6 Å². The number of benzene rings is 1. The van der Waals surface area contributed by atoms with E-state index in [0.717, 1.165) is 0 Å². The van der Waals surface area contributed by atoms with Crippen LogP contribution in [0.3, 0.4) is 0 Å². The number of hydrogen-bond acceptors (Lipinski definition) is 3. The minimum absolute atomic E-state index is 0.142. The molecule has 3 atom stereocenters. The molecule has 0 amide bonds. The van der Waals surface area contributed by atoms with Gasteiger partial charge in [0.2, 0.25) is 10.0 Å². The van der Waals surface area contributed by atoms with Crippen molar-refractivity contribution in [3.8, 4) is 0 Å². The molecule has 4 nitrogen and oxygen atoms in total. The second-order valence-electron chi connectivity index (χ2n) is 6.14. The SMILES string of the molecule is C=C(C)C(O)(/C(C)=C/Cl)[C@@H](NS(=O)(=O)c1ccccc1)[C@@H](C)CC. The third-order valence-electron chi connectivity index (χ3n) is 4.41. The van der Waals surface area contributed by atoms with E-state index >= 15 is 0 Å². The summed E-state index contributed by atoms with van der Waals surface area (Å²) < 4.78 is 28.1. The molecular weight excluding hydrogens is 346 g/mol. The summed E-state index contributed by atoms with van der Waals surface area (Å²) in [6.07, 6.45) is 0.674. The lowest BCUT2D eigenvalue weighted by atomic mass is 9.76. The zero-order valence-corrected chi connectivity index (χ0v) is 16.2. The van der Waals surface area contributed by atoms with Crippen LogP contribution in [0, 0.1) is 5.92 Å². The lowest BCUT2D eigenvalue weighted by Crippen LogP contribution is -2.57. The summed E-state index contributed by atoms with van der Waals surface area (Å²) in [6, 6.07) is 7.29. The molecule has 0 bridgehead atoms. The highest BCUT2D eigenvalue weighted by Gasteiger charge is 2.44. The number of rotatable bonds is 8. The molecule has 2 N–H and O–H groups in total. The molecule has 0 heterocycles. The molecule has 24 heavy (non-hydrogen) atoms. The van der Waals surface area contributed by atoms with Gasteiger partial charge in [0, 0.05) is 5.54 Å². The highest BCUT2D eigenvalue weighted by Crippen LogP contribution is 2.34. The van der Waals surface area contributed by atoms with Crippen molar-refractivity contribution in [1.82, 2.24) is 4.72 Å². The monoisotopic (exact) mass is 371 g/mol. The zero-order chi connectivity index (χ0) is 18.5. The maximum Gasteiger partial charge on any atom is 0.240 e. The molecule has 0 aliphatic rings. The van der Waals surface area contributed by atoms with Gasteiger partial charge in [-0.1, -0.05) is 56.6 Å². The molecule has 0 aromatic heterocycles. The Kier molecular flexibility index (Phi) is 7.23. The number of sulfonamides is 1. The van der Waals surface area contributed by atoms with Gasteiger partial charge >= 0.3 is 0 Å². The van der Waals surface area contributed by atoms with Crippen LogP contribution in [-0.4, -0.2) is 25.2 Å². The highest BCUT2D eigenvalue weighted by molar-refractivity contribution is 7.89. The average molecular weight is 372 g/mol. The smallest absolute Gasteiger partial charge is 0.240 e. The van der Waals surface area contributed by atoms with Crippen LogP contribution in [0.25, 0.3) is 0 Å². The van der Waals surface area contributed by atoms with E-state index in [2.05, 4.69) is 11.3 Å². The third kappa shape index (κ3) is 4.28. The van der Waals surface area contributed by atoms with E-state index in [-0.39, 0.29) is 10.8 Å². The summed E-state index contributed by atoms with van der Waals surface area (Å²) in [5.41, 5.74) is 0.565. The molecule has 0 aliphatic carbocycles. The first-order valence-corrected chi connectivity index (χ1v) is 9.76. The van der Waals surface area contributed by atoms with Gasteiger partial charge in [-0.15, -0.1) is 0 Å². The quantitative estimate of drug-likeness (QED) is 0.682. The maximum atomic E-state index is 12.7. The molecule has 1 aromatic carbocycles. The Hall–Kier alpha value is -1.14. The van der Waals surface area contributed by atoms with E-state index in [0.29, 0.717) is 17.6 Å². The average Bonchev–Trinajstić information content (AvgIpc) is 2.58. The summed E-state index contributed by atoms with van der Waals surface area (Å²) in [7, 11) is -3.79. The molecule has 1 unspecified atom stereocenters. The Labute approximate surface area is 150 Å². The molecule has 1 rings (SSSR count). The molecule has 134 valence electrons. The van der Waals surface area contributed by atoms with Gasteiger partial charge in [0.1, 0.15) is 5.60 Å². The highest BCUT2D eigenvalue weighted by atomic mass is 35.5. The predicted molar refractivity (Wildman–Crippen MR) is 99.4 cm³/mol. The zero-order valence-electron chi connectivity index (χ0n) is 14.6. The number of halogens is 1. The van der Waals surface area contributed by atoms with Crippen molar-refractivity contribution in [2.45, 2.75) is 50.7 Å². The molecule has 0 spiro atoms. The largest absolute Gasteiger partial charge is 0.379 e. The molecule has 0 aliphatic heterocycles. The Balaban J connectivity index is 3.40. The Morgan fingerprint density at radius 1 is 1.38 bits per heavy atom. The maximum absolute atomic E-state index is 12.7. The Bertz CT molecular complexity index is 700. The second kappa shape index (κ2) is 8.30. The van der Waals surface area contributed by atoms with Crippen LogP contribution in [0.5, 0.6) is 0 Å². The van der Waals surface area contributed by atoms with Gasteiger partial charge in [0.25, 0.3) is 0 Å². The van der Waals surface area contributed by atoms with Crippen molar-refractivity contribution in [2.24, 2.45) is 5.92 Å². The van der Waals surface area contributed by atoms with Gasteiger partial charge in [0.05, 0.1) is 10.9 Å². The number of nitrogens with one attached hydrogen (secondary N) is 1. The van der Waals surface area contributed by atoms with E-state index in [1.165, 1.54) is 17.7 Å². The van der Waals surface area contributed by atoms with Crippen LogP contribution >= 0.6 is 11.6 Å². The summed E-state index contributed by atoms with van der Waals surface area (Å²) in [5.74, 6) is -0.142. The van der Waals surface area contributed by atoms with Gasteiger partial charge in [-0.05, 0) is 43.0 Å². The molecule has 0 saturated heterocycles. The van der Waals surface area contributed by atoms with E-state index in [1.54, 1.807) is 32.0 Å². The van der Waals surface area contributed by atoms with Crippen molar-refractivity contribution >= 4 is 21.6 Å². The molecule has 0 saturated carbocycles. The first kappa shape index (κ1) is 20.9. The normalized spacial score (nSPS) is 17.8. The van der Waals surface area contributed by atoms with Gasteiger partial charge in [-0.2, -0.15) is 0 Å². The minimum Gasteiger partial charge on any atom is -0.379 e. The van der Waals surface area contributed by atoms with Crippen LogP contribution < -0.4 is 4.72 Å². The van der Waals surface area contributed by atoms with Crippen molar-refractivity contribution in [1.29, 1.82) is 0 Å². The fraction of sp³-hybridized carbons (Fsp3) is 0.444. The van der Waals surface area contributed by atoms with Gasteiger partial charge in [0.15, 0.2) is 0 Å².